The SMILES string of the molecule is NCCCCc1c(-c2ccc(Cl)cc2)[nH]c2ccccc12. The number of unbranched alkanes of at least 4 members (excludes halogenated alkanes) is 1. The maximum atomic E-state index is 6.00. The number of hydrogen-bond acceptors (Lipinski definition) is 1. The van der Waals surface area contributed by atoms with E-state index in [0.29, 0.717) is 0 Å². The quantitative estimate of drug-likeness (QED) is 0.655. The zero-order chi connectivity index (χ0) is 14.7. The molecule has 3 rings (SSSR count). The van der Waals surface area contributed by atoms with Crippen LogP contribution in [0, 0.1) is 0 Å². The van der Waals surface area contributed by atoms with Crippen LogP contribution >= 0.6 is 11.6 Å². The molecule has 0 saturated carbocycles. The number of aromatic amines is 1. The molecule has 0 spiro atoms. The second-order valence-corrected chi connectivity index (χ2v) is 5.71. The summed E-state index contributed by atoms with van der Waals surface area (Å²) in [4.78, 5) is 3.55. The fraction of sp³-hybridized carbons (Fsp3) is 0.222. The summed E-state index contributed by atoms with van der Waals surface area (Å²) in [7, 11) is 0. The number of H-pyrrole nitrogens is 1. The lowest BCUT2D eigenvalue weighted by atomic mass is 10.0. The van der Waals surface area contributed by atoms with Gasteiger partial charge in [0.25, 0.3) is 0 Å². The average Bonchev–Trinajstić information content (AvgIpc) is 2.87. The third kappa shape index (κ3) is 2.97. The number of aromatic nitrogens is 1. The highest BCUT2D eigenvalue weighted by Gasteiger charge is 2.12. The first-order valence-electron chi connectivity index (χ1n) is 7.35. The molecule has 1 heterocycles. The standard InChI is InChI=1S/C18H19ClN2/c19-14-10-8-13(9-11-14)18-16(6-3-4-12-20)15-5-1-2-7-17(15)21-18/h1-2,5,7-11,21H,3-4,6,12,20H2. The molecule has 21 heavy (non-hydrogen) atoms. The smallest absolute Gasteiger partial charge is 0.0497 e. The highest BCUT2D eigenvalue weighted by molar-refractivity contribution is 6.30. The summed E-state index contributed by atoms with van der Waals surface area (Å²) >= 11 is 6.00. The summed E-state index contributed by atoms with van der Waals surface area (Å²) in [6.45, 7) is 0.749. The zero-order valence-corrected chi connectivity index (χ0v) is 12.7. The van der Waals surface area contributed by atoms with Crippen LogP contribution in [0.2, 0.25) is 5.02 Å². The van der Waals surface area contributed by atoms with Crippen molar-refractivity contribution < 1.29 is 0 Å². The number of benzene rings is 2. The maximum absolute atomic E-state index is 6.00. The van der Waals surface area contributed by atoms with Gasteiger partial charge in [0.05, 0.1) is 0 Å². The van der Waals surface area contributed by atoms with Crippen LogP contribution in [0.15, 0.2) is 48.5 Å². The molecule has 0 bridgehead atoms. The van der Waals surface area contributed by atoms with Crippen molar-refractivity contribution in [1.82, 2.24) is 4.98 Å². The molecule has 0 aliphatic carbocycles. The Balaban J connectivity index is 2.07. The lowest BCUT2D eigenvalue weighted by molar-refractivity contribution is 0.748. The monoisotopic (exact) mass is 298 g/mol. The highest BCUT2D eigenvalue weighted by atomic mass is 35.5. The van der Waals surface area contributed by atoms with Gasteiger partial charge >= 0.3 is 0 Å². The van der Waals surface area contributed by atoms with Crippen molar-refractivity contribution in [3.63, 3.8) is 0 Å². The molecule has 0 amide bonds. The van der Waals surface area contributed by atoms with E-state index in [1.807, 2.05) is 12.1 Å². The third-order valence-electron chi connectivity index (χ3n) is 3.83. The van der Waals surface area contributed by atoms with E-state index in [1.54, 1.807) is 0 Å². The van der Waals surface area contributed by atoms with E-state index in [9.17, 15) is 0 Å². The summed E-state index contributed by atoms with van der Waals surface area (Å²) in [5.41, 5.74) is 10.6. The van der Waals surface area contributed by atoms with Gasteiger partial charge in [-0.25, -0.2) is 0 Å². The molecule has 0 saturated heterocycles. The fourth-order valence-corrected chi connectivity index (χ4v) is 2.89. The summed E-state index contributed by atoms with van der Waals surface area (Å²) in [5, 5.41) is 2.07. The van der Waals surface area contributed by atoms with E-state index < -0.39 is 0 Å². The van der Waals surface area contributed by atoms with Gasteiger partial charge in [-0.1, -0.05) is 41.9 Å². The normalized spacial score (nSPS) is 11.1. The molecule has 2 nitrogen and oxygen atoms in total. The van der Waals surface area contributed by atoms with Crippen molar-refractivity contribution >= 4 is 22.5 Å². The lowest BCUT2D eigenvalue weighted by Crippen LogP contribution is -1.99. The predicted octanol–water partition coefficient (Wildman–Crippen LogP) is 4.77. The number of nitrogens with two attached hydrogens (primary N) is 1. The first kappa shape index (κ1) is 14.2. The molecular formula is C18H19ClN2. The number of halogens is 1. The minimum Gasteiger partial charge on any atom is -0.354 e. The molecule has 108 valence electrons. The van der Waals surface area contributed by atoms with Crippen molar-refractivity contribution in [1.29, 1.82) is 0 Å². The molecule has 0 fully saturated rings. The number of nitrogens with one attached hydrogen (secondary N) is 1. The Morgan fingerprint density at radius 3 is 2.48 bits per heavy atom. The fourth-order valence-electron chi connectivity index (χ4n) is 2.77. The van der Waals surface area contributed by atoms with E-state index in [-0.39, 0.29) is 0 Å². The molecule has 1 aromatic heterocycles. The second-order valence-electron chi connectivity index (χ2n) is 5.28. The Labute approximate surface area is 129 Å². The first-order chi connectivity index (χ1) is 10.3. The highest BCUT2D eigenvalue weighted by Crippen LogP contribution is 2.32. The lowest BCUT2D eigenvalue weighted by Gasteiger charge is -2.05. The summed E-state index contributed by atoms with van der Waals surface area (Å²) < 4.78 is 0. The number of hydrogen-bond donors (Lipinski definition) is 2. The Morgan fingerprint density at radius 2 is 1.71 bits per heavy atom. The van der Waals surface area contributed by atoms with Gasteiger partial charge in [-0.2, -0.15) is 0 Å². The van der Waals surface area contributed by atoms with Crippen molar-refractivity contribution in [3.8, 4) is 11.3 Å². The molecule has 0 atom stereocenters. The number of rotatable bonds is 5. The summed E-state index contributed by atoms with van der Waals surface area (Å²) in [5.74, 6) is 0. The van der Waals surface area contributed by atoms with E-state index in [1.165, 1.54) is 27.7 Å². The number of fused-ring (bicyclic) bond motifs is 1. The van der Waals surface area contributed by atoms with Crippen LogP contribution in [0.5, 0.6) is 0 Å². The molecular weight excluding hydrogens is 280 g/mol. The van der Waals surface area contributed by atoms with Crippen LogP contribution in [0.25, 0.3) is 22.2 Å². The Hall–Kier alpha value is -1.77. The van der Waals surface area contributed by atoms with Crippen LogP contribution < -0.4 is 5.73 Å². The Bertz CT molecular complexity index is 729. The maximum Gasteiger partial charge on any atom is 0.0497 e. The van der Waals surface area contributed by atoms with Crippen molar-refractivity contribution in [2.24, 2.45) is 5.73 Å². The third-order valence-corrected chi connectivity index (χ3v) is 4.08. The van der Waals surface area contributed by atoms with Crippen molar-refractivity contribution in [2.75, 3.05) is 6.54 Å². The van der Waals surface area contributed by atoms with Gasteiger partial charge in [0.15, 0.2) is 0 Å². The van der Waals surface area contributed by atoms with Gasteiger partial charge in [-0.15, -0.1) is 0 Å². The zero-order valence-electron chi connectivity index (χ0n) is 11.9. The minimum atomic E-state index is 0.749. The van der Waals surface area contributed by atoms with Crippen LogP contribution in [0.1, 0.15) is 18.4 Å². The van der Waals surface area contributed by atoms with Gasteiger partial charge in [-0.3, -0.25) is 0 Å². The molecule has 0 aliphatic rings. The van der Waals surface area contributed by atoms with Crippen LogP contribution in [0.4, 0.5) is 0 Å². The van der Waals surface area contributed by atoms with Crippen molar-refractivity contribution in [3.05, 3.63) is 59.1 Å². The van der Waals surface area contributed by atoms with Crippen LogP contribution in [-0.2, 0) is 6.42 Å². The second kappa shape index (κ2) is 6.33. The summed E-state index contributed by atoms with van der Waals surface area (Å²) in [6, 6.07) is 16.5. The van der Waals surface area contributed by atoms with Gasteiger partial charge in [-0.05, 0) is 55.1 Å². The predicted molar refractivity (Wildman–Crippen MR) is 90.7 cm³/mol. The van der Waals surface area contributed by atoms with Gasteiger partial charge in [0.2, 0.25) is 0 Å². The largest absolute Gasteiger partial charge is 0.354 e. The molecule has 0 radical (unpaired) electrons. The first-order valence-corrected chi connectivity index (χ1v) is 7.73. The van der Waals surface area contributed by atoms with E-state index in [4.69, 9.17) is 17.3 Å². The number of aryl methyl sites for hydroxylation is 1. The van der Waals surface area contributed by atoms with E-state index in [2.05, 4.69) is 41.4 Å². The van der Waals surface area contributed by atoms with Crippen LogP contribution in [-0.4, -0.2) is 11.5 Å². The van der Waals surface area contributed by atoms with E-state index >= 15 is 0 Å². The van der Waals surface area contributed by atoms with Gasteiger partial charge < -0.3 is 10.7 Å². The van der Waals surface area contributed by atoms with Crippen molar-refractivity contribution in [2.45, 2.75) is 19.3 Å². The molecule has 2 aromatic carbocycles. The van der Waals surface area contributed by atoms with E-state index in [0.717, 1.165) is 30.8 Å². The average molecular weight is 299 g/mol. The minimum absolute atomic E-state index is 0.749. The molecule has 0 aliphatic heterocycles. The van der Waals surface area contributed by atoms with Gasteiger partial charge in [0.1, 0.15) is 0 Å². The summed E-state index contributed by atoms with van der Waals surface area (Å²) in [6.07, 6.45) is 3.21. The Kier molecular flexibility index (Phi) is 4.28. The molecule has 3 heteroatoms. The molecule has 3 aromatic rings. The topological polar surface area (TPSA) is 41.8 Å². The number of para-hydroxylation sites is 1. The molecule has 0 unspecified atom stereocenters. The van der Waals surface area contributed by atoms with Gasteiger partial charge in [0, 0.05) is 21.6 Å². The Morgan fingerprint density at radius 1 is 0.952 bits per heavy atom. The van der Waals surface area contributed by atoms with Crippen LogP contribution in [0.3, 0.4) is 0 Å². The molecule has 3 N–H and O–H groups in total.